The van der Waals surface area contributed by atoms with Gasteiger partial charge in [0.15, 0.2) is 5.58 Å². The van der Waals surface area contributed by atoms with Crippen LogP contribution >= 0.6 is 0 Å². The second-order valence-electron chi connectivity index (χ2n) is 4.99. The van der Waals surface area contributed by atoms with E-state index >= 15 is 0 Å². The van der Waals surface area contributed by atoms with Crippen molar-refractivity contribution in [1.82, 2.24) is 4.98 Å². The highest BCUT2D eigenvalue weighted by molar-refractivity contribution is 5.78. The van der Waals surface area contributed by atoms with Crippen molar-refractivity contribution >= 4 is 22.8 Å². The van der Waals surface area contributed by atoms with E-state index in [1.165, 1.54) is 0 Å². The molecule has 1 aliphatic heterocycles. The van der Waals surface area contributed by atoms with Gasteiger partial charge in [0.1, 0.15) is 5.52 Å². The molecule has 2 atom stereocenters. The standard InChI is InChI=1S/C14H19N3O2/c1-2-12-9(5-6-18-12)8-16-14-17-11-4-3-10(15)7-13(11)19-14/h3-4,7,9,12H,2,5-6,8,15H2,1H3,(H,16,17). The lowest BCUT2D eigenvalue weighted by Gasteiger charge is -2.16. The Morgan fingerprint density at radius 3 is 3.21 bits per heavy atom. The van der Waals surface area contributed by atoms with E-state index in [1.54, 1.807) is 6.07 Å². The van der Waals surface area contributed by atoms with Crippen LogP contribution in [0.1, 0.15) is 19.8 Å². The van der Waals surface area contributed by atoms with E-state index in [0.717, 1.165) is 37.1 Å². The predicted octanol–water partition coefficient (Wildman–Crippen LogP) is 2.64. The maximum atomic E-state index is 5.72. The molecule has 2 unspecified atom stereocenters. The second-order valence-corrected chi connectivity index (χ2v) is 4.99. The Kier molecular flexibility index (Phi) is 3.29. The van der Waals surface area contributed by atoms with Crippen LogP contribution in [0.15, 0.2) is 22.6 Å². The Balaban J connectivity index is 1.68. The Hall–Kier alpha value is -1.75. The van der Waals surface area contributed by atoms with Crippen LogP contribution in [0, 0.1) is 5.92 Å². The molecule has 1 aliphatic rings. The fraction of sp³-hybridized carbons (Fsp3) is 0.500. The fourth-order valence-electron chi connectivity index (χ4n) is 2.61. The third kappa shape index (κ3) is 2.51. The lowest BCUT2D eigenvalue weighted by Crippen LogP contribution is -2.22. The van der Waals surface area contributed by atoms with Crippen LogP contribution in [0.4, 0.5) is 11.7 Å². The maximum Gasteiger partial charge on any atom is 0.295 e. The van der Waals surface area contributed by atoms with Gasteiger partial charge in [0.2, 0.25) is 0 Å². The molecule has 1 fully saturated rings. The first-order valence-electron chi connectivity index (χ1n) is 6.78. The molecule has 5 heteroatoms. The number of oxazole rings is 1. The number of hydrogen-bond donors (Lipinski definition) is 2. The third-order valence-electron chi connectivity index (χ3n) is 3.68. The van der Waals surface area contributed by atoms with Gasteiger partial charge in [-0.15, -0.1) is 0 Å². The van der Waals surface area contributed by atoms with E-state index in [-0.39, 0.29) is 0 Å². The largest absolute Gasteiger partial charge is 0.423 e. The van der Waals surface area contributed by atoms with Crippen molar-refractivity contribution in [3.05, 3.63) is 18.2 Å². The maximum absolute atomic E-state index is 5.72. The number of fused-ring (bicyclic) bond motifs is 1. The molecule has 0 bridgehead atoms. The van der Waals surface area contributed by atoms with E-state index in [2.05, 4.69) is 17.2 Å². The molecule has 0 radical (unpaired) electrons. The second kappa shape index (κ2) is 5.09. The zero-order chi connectivity index (χ0) is 13.2. The summed E-state index contributed by atoms with van der Waals surface area (Å²) in [4.78, 5) is 4.39. The first kappa shape index (κ1) is 12.3. The lowest BCUT2D eigenvalue weighted by molar-refractivity contribution is 0.0899. The number of benzene rings is 1. The number of anilines is 2. The Morgan fingerprint density at radius 1 is 1.47 bits per heavy atom. The number of nitrogens with two attached hydrogens (primary N) is 1. The normalized spacial score (nSPS) is 23.0. The molecule has 0 aliphatic carbocycles. The van der Waals surface area contributed by atoms with Crippen molar-refractivity contribution in [2.24, 2.45) is 5.92 Å². The Labute approximate surface area is 112 Å². The number of nitrogens with one attached hydrogen (secondary N) is 1. The van der Waals surface area contributed by atoms with Crippen LogP contribution in [0.25, 0.3) is 11.1 Å². The Bertz CT molecular complexity index is 567. The molecule has 19 heavy (non-hydrogen) atoms. The number of rotatable bonds is 4. The molecule has 0 amide bonds. The molecule has 5 nitrogen and oxygen atoms in total. The first-order valence-corrected chi connectivity index (χ1v) is 6.78. The monoisotopic (exact) mass is 261 g/mol. The van der Waals surface area contributed by atoms with Crippen LogP contribution in [-0.4, -0.2) is 24.2 Å². The quantitative estimate of drug-likeness (QED) is 0.828. The minimum absolute atomic E-state index is 0.354. The van der Waals surface area contributed by atoms with Gasteiger partial charge in [0.05, 0.1) is 6.10 Å². The SMILES string of the molecule is CCC1OCCC1CNc1nc2ccc(N)cc2o1. The number of nitrogen functional groups attached to an aromatic ring is 1. The van der Waals surface area contributed by atoms with E-state index in [0.29, 0.717) is 23.7 Å². The molecule has 1 aromatic heterocycles. The van der Waals surface area contributed by atoms with Gasteiger partial charge in [0, 0.05) is 30.8 Å². The van der Waals surface area contributed by atoms with Gasteiger partial charge >= 0.3 is 0 Å². The van der Waals surface area contributed by atoms with Gasteiger partial charge < -0.3 is 20.2 Å². The predicted molar refractivity (Wildman–Crippen MR) is 75.0 cm³/mol. The van der Waals surface area contributed by atoms with E-state index in [4.69, 9.17) is 14.9 Å². The number of nitrogens with zero attached hydrogens (tertiary/aromatic N) is 1. The number of aromatic nitrogens is 1. The summed E-state index contributed by atoms with van der Waals surface area (Å²) in [6.07, 6.45) is 2.50. The summed E-state index contributed by atoms with van der Waals surface area (Å²) in [5.74, 6) is 0.532. The molecule has 0 spiro atoms. The molecule has 0 saturated carbocycles. The van der Waals surface area contributed by atoms with Gasteiger partial charge in [-0.1, -0.05) is 6.92 Å². The highest BCUT2D eigenvalue weighted by Crippen LogP contribution is 2.25. The van der Waals surface area contributed by atoms with Crippen LogP contribution in [-0.2, 0) is 4.74 Å². The van der Waals surface area contributed by atoms with Gasteiger partial charge in [-0.3, -0.25) is 0 Å². The smallest absolute Gasteiger partial charge is 0.295 e. The third-order valence-corrected chi connectivity index (χ3v) is 3.68. The molecule has 1 saturated heterocycles. The van der Waals surface area contributed by atoms with Crippen molar-refractivity contribution in [3.63, 3.8) is 0 Å². The average Bonchev–Trinajstić information content (AvgIpc) is 3.01. The summed E-state index contributed by atoms with van der Waals surface area (Å²) in [6.45, 7) is 3.85. The van der Waals surface area contributed by atoms with Crippen LogP contribution in [0.3, 0.4) is 0 Å². The number of hydrogen-bond acceptors (Lipinski definition) is 5. The van der Waals surface area contributed by atoms with Crippen LogP contribution in [0.2, 0.25) is 0 Å². The molecule has 102 valence electrons. The molecule has 2 aromatic rings. The van der Waals surface area contributed by atoms with Gasteiger partial charge in [-0.05, 0) is 25.0 Å². The van der Waals surface area contributed by atoms with E-state index < -0.39 is 0 Å². The van der Waals surface area contributed by atoms with Crippen molar-refractivity contribution in [2.75, 3.05) is 24.2 Å². The summed E-state index contributed by atoms with van der Waals surface area (Å²) in [6, 6.07) is 6.04. The van der Waals surface area contributed by atoms with Crippen LogP contribution < -0.4 is 11.1 Å². The lowest BCUT2D eigenvalue weighted by atomic mass is 10.00. The summed E-state index contributed by atoms with van der Waals surface area (Å²) >= 11 is 0. The molecule has 1 aromatic carbocycles. The molecular weight excluding hydrogens is 242 g/mol. The number of ether oxygens (including phenoxy) is 1. The topological polar surface area (TPSA) is 73.3 Å². The van der Waals surface area contributed by atoms with Crippen LogP contribution in [0.5, 0.6) is 0 Å². The van der Waals surface area contributed by atoms with Crippen molar-refractivity contribution in [2.45, 2.75) is 25.9 Å². The zero-order valence-corrected chi connectivity index (χ0v) is 11.1. The molecular formula is C14H19N3O2. The first-order chi connectivity index (χ1) is 9.26. The molecule has 2 heterocycles. The average molecular weight is 261 g/mol. The van der Waals surface area contributed by atoms with Crippen molar-refractivity contribution in [1.29, 1.82) is 0 Å². The Morgan fingerprint density at radius 2 is 2.37 bits per heavy atom. The van der Waals surface area contributed by atoms with E-state index in [1.807, 2.05) is 12.1 Å². The molecule has 3 rings (SSSR count). The summed E-state index contributed by atoms with van der Waals surface area (Å²) in [5.41, 5.74) is 7.95. The van der Waals surface area contributed by atoms with Gasteiger partial charge in [-0.2, -0.15) is 4.98 Å². The highest BCUT2D eigenvalue weighted by Gasteiger charge is 2.26. The van der Waals surface area contributed by atoms with Crippen molar-refractivity contribution in [3.8, 4) is 0 Å². The summed E-state index contributed by atoms with van der Waals surface area (Å²) < 4.78 is 11.3. The fourth-order valence-corrected chi connectivity index (χ4v) is 2.61. The summed E-state index contributed by atoms with van der Waals surface area (Å²) in [5, 5.41) is 3.26. The summed E-state index contributed by atoms with van der Waals surface area (Å²) in [7, 11) is 0. The minimum atomic E-state index is 0.354. The minimum Gasteiger partial charge on any atom is -0.423 e. The van der Waals surface area contributed by atoms with Crippen molar-refractivity contribution < 1.29 is 9.15 Å². The van der Waals surface area contributed by atoms with Gasteiger partial charge in [0.25, 0.3) is 6.01 Å². The highest BCUT2D eigenvalue weighted by atomic mass is 16.5. The molecule has 3 N–H and O–H groups in total. The van der Waals surface area contributed by atoms with E-state index in [9.17, 15) is 0 Å². The zero-order valence-electron chi connectivity index (χ0n) is 11.1. The van der Waals surface area contributed by atoms with Gasteiger partial charge in [-0.25, -0.2) is 0 Å².